The average Bonchev–Trinajstić information content (AvgIpc) is 2.74. The van der Waals surface area contributed by atoms with Crippen LogP contribution in [0, 0.1) is 0 Å². The molecule has 3 heteroatoms. The lowest BCUT2D eigenvalue weighted by molar-refractivity contribution is 0.303. The van der Waals surface area contributed by atoms with Crippen LogP contribution in [0.4, 0.5) is 0 Å². The van der Waals surface area contributed by atoms with Gasteiger partial charge in [0, 0.05) is 10.3 Å². The molecule has 164 valence electrons. The van der Waals surface area contributed by atoms with Gasteiger partial charge in [0.15, 0.2) is 0 Å². The van der Waals surface area contributed by atoms with Gasteiger partial charge >= 0.3 is 0 Å². The van der Waals surface area contributed by atoms with E-state index in [2.05, 4.69) is 58.0 Å². The van der Waals surface area contributed by atoms with Gasteiger partial charge in [0.1, 0.15) is 11.5 Å². The topological polar surface area (TPSA) is 18.5 Å². The first-order valence-electron chi connectivity index (χ1n) is 11.8. The summed E-state index contributed by atoms with van der Waals surface area (Å²) in [5.41, 5.74) is 0. The lowest BCUT2D eigenvalue weighted by Gasteiger charge is -2.26. The molecule has 0 aliphatic carbocycles. The lowest BCUT2D eigenvalue weighted by Crippen LogP contribution is -2.04. The second-order valence-corrected chi connectivity index (χ2v) is 10.3. The minimum Gasteiger partial charge on any atom is -0.494 e. The van der Waals surface area contributed by atoms with Gasteiger partial charge < -0.3 is 9.47 Å². The molecule has 0 radical (unpaired) electrons. The third-order valence-electron chi connectivity index (χ3n) is 5.33. The zero-order valence-corrected chi connectivity index (χ0v) is 20.0. The quantitative estimate of drug-likeness (QED) is 0.232. The fourth-order valence-corrected chi connectivity index (χ4v) is 6.54. The fraction of sp³-hybridized carbons (Fsp3) is 0.615. The van der Waals surface area contributed by atoms with Crippen molar-refractivity contribution in [2.75, 3.05) is 24.7 Å². The van der Waals surface area contributed by atoms with Gasteiger partial charge in [-0.3, -0.25) is 0 Å². The minimum atomic E-state index is -0.218. The summed E-state index contributed by atoms with van der Waals surface area (Å²) >= 11 is 0. The highest BCUT2D eigenvalue weighted by Crippen LogP contribution is 2.48. The molecular weight excluding hydrogens is 376 g/mol. The van der Waals surface area contributed by atoms with Crippen LogP contribution in [0.25, 0.3) is 10.8 Å². The van der Waals surface area contributed by atoms with Crippen molar-refractivity contribution in [1.82, 2.24) is 0 Å². The normalized spacial score (nSPS) is 11.7. The van der Waals surface area contributed by atoms with Crippen LogP contribution in [-0.4, -0.2) is 24.7 Å². The van der Waals surface area contributed by atoms with Crippen molar-refractivity contribution in [2.45, 2.75) is 84.0 Å². The van der Waals surface area contributed by atoms with Gasteiger partial charge in [0.05, 0.1) is 13.2 Å². The zero-order valence-electron chi connectivity index (χ0n) is 19.1. The van der Waals surface area contributed by atoms with E-state index in [-0.39, 0.29) is 10.9 Å². The molecule has 2 rings (SSSR count). The second kappa shape index (κ2) is 13.8. The van der Waals surface area contributed by atoms with E-state index in [1.54, 1.807) is 0 Å². The van der Waals surface area contributed by atoms with Crippen molar-refractivity contribution in [3.8, 4) is 11.5 Å². The van der Waals surface area contributed by atoms with Crippen LogP contribution in [0.15, 0.2) is 35.2 Å². The minimum absolute atomic E-state index is 0.218. The first-order chi connectivity index (χ1) is 14.2. The maximum atomic E-state index is 6.34. The van der Waals surface area contributed by atoms with Crippen molar-refractivity contribution in [1.29, 1.82) is 0 Å². The van der Waals surface area contributed by atoms with Gasteiger partial charge in [-0.1, -0.05) is 65.5 Å². The summed E-state index contributed by atoms with van der Waals surface area (Å²) in [6.45, 7) is 10.6. The Kier molecular flexibility index (Phi) is 11.4. The summed E-state index contributed by atoms with van der Waals surface area (Å²) in [7, 11) is -0.218. The van der Waals surface area contributed by atoms with E-state index in [9.17, 15) is 0 Å². The third kappa shape index (κ3) is 7.44. The Morgan fingerprint density at radius 1 is 0.690 bits per heavy atom. The number of rotatable bonds is 15. The molecule has 0 aliphatic heterocycles. The molecule has 0 N–H and O–H groups in total. The molecule has 29 heavy (non-hydrogen) atoms. The van der Waals surface area contributed by atoms with Crippen molar-refractivity contribution in [3.05, 3.63) is 30.3 Å². The van der Waals surface area contributed by atoms with E-state index in [1.807, 2.05) is 0 Å². The Hall–Kier alpha value is -1.35. The summed E-state index contributed by atoms with van der Waals surface area (Å²) < 4.78 is 12.4. The number of thiol groups is 1. The Morgan fingerprint density at radius 2 is 1.28 bits per heavy atom. The van der Waals surface area contributed by atoms with Gasteiger partial charge in [0.25, 0.3) is 0 Å². The van der Waals surface area contributed by atoms with E-state index in [0.29, 0.717) is 0 Å². The van der Waals surface area contributed by atoms with Crippen molar-refractivity contribution in [2.24, 2.45) is 0 Å². The van der Waals surface area contributed by atoms with Crippen LogP contribution in [0.1, 0.15) is 79.1 Å². The first kappa shape index (κ1) is 23.9. The van der Waals surface area contributed by atoms with Gasteiger partial charge in [-0.05, 0) is 60.8 Å². The summed E-state index contributed by atoms with van der Waals surface area (Å²) in [4.78, 5) is 1.48. The number of fused-ring (bicyclic) bond motifs is 1. The van der Waals surface area contributed by atoms with Gasteiger partial charge in [-0.15, -0.1) is 0 Å². The molecule has 0 bridgehead atoms. The Bertz CT molecular complexity index is 700. The van der Waals surface area contributed by atoms with Gasteiger partial charge in [-0.25, -0.2) is 10.9 Å². The molecule has 0 saturated heterocycles. The number of unbranched alkanes of at least 4 members (excludes halogenated alkanes) is 4. The highest BCUT2D eigenvalue weighted by Gasteiger charge is 2.17. The van der Waals surface area contributed by atoms with Gasteiger partial charge in [0.2, 0.25) is 0 Å². The SMILES string of the molecule is CCCCOc1ccc2ccc(OCCCC)c([SH](CCCC)CCCC)c2c1. The molecule has 0 aliphatic rings. The molecule has 0 spiro atoms. The molecular formula is C26H42O2S. The lowest BCUT2D eigenvalue weighted by atomic mass is 10.1. The highest BCUT2D eigenvalue weighted by atomic mass is 32.2. The molecule has 0 atom stereocenters. The maximum absolute atomic E-state index is 6.34. The fourth-order valence-electron chi connectivity index (χ4n) is 3.49. The largest absolute Gasteiger partial charge is 0.494 e. The molecule has 0 saturated carbocycles. The van der Waals surface area contributed by atoms with Crippen molar-refractivity contribution in [3.63, 3.8) is 0 Å². The molecule has 2 nitrogen and oxygen atoms in total. The van der Waals surface area contributed by atoms with Crippen LogP contribution >= 0.6 is 10.9 Å². The molecule has 0 fully saturated rings. The molecule has 0 unspecified atom stereocenters. The average molecular weight is 419 g/mol. The van der Waals surface area contributed by atoms with Gasteiger partial charge in [-0.2, -0.15) is 0 Å². The summed E-state index contributed by atoms with van der Waals surface area (Å²) in [5, 5.41) is 2.66. The molecule has 0 aromatic heterocycles. The number of hydrogen-bond acceptors (Lipinski definition) is 2. The highest BCUT2D eigenvalue weighted by molar-refractivity contribution is 8.17. The predicted octanol–water partition coefficient (Wildman–Crippen LogP) is 8.16. The van der Waals surface area contributed by atoms with E-state index >= 15 is 0 Å². The van der Waals surface area contributed by atoms with Crippen LogP contribution in [0.5, 0.6) is 11.5 Å². The molecule has 2 aromatic rings. The third-order valence-corrected chi connectivity index (χ3v) is 8.13. The Labute approximate surface area is 181 Å². The van der Waals surface area contributed by atoms with Crippen LogP contribution in [0.3, 0.4) is 0 Å². The molecule has 0 heterocycles. The molecule has 0 amide bonds. The van der Waals surface area contributed by atoms with Crippen LogP contribution in [-0.2, 0) is 0 Å². The van der Waals surface area contributed by atoms with E-state index in [4.69, 9.17) is 9.47 Å². The maximum Gasteiger partial charge on any atom is 0.131 e. The van der Waals surface area contributed by atoms with Crippen molar-refractivity contribution >= 4 is 21.7 Å². The van der Waals surface area contributed by atoms with E-state index in [0.717, 1.165) is 44.0 Å². The number of hydrogen-bond donors (Lipinski definition) is 1. The number of benzene rings is 2. The van der Waals surface area contributed by atoms with Crippen LogP contribution in [0.2, 0.25) is 0 Å². The summed E-state index contributed by atoms with van der Waals surface area (Å²) in [5.74, 6) is 4.72. The number of ether oxygens (including phenoxy) is 2. The summed E-state index contributed by atoms with van der Waals surface area (Å²) in [6.07, 6.45) is 9.65. The zero-order chi connectivity index (χ0) is 20.9. The van der Waals surface area contributed by atoms with E-state index in [1.165, 1.54) is 59.3 Å². The van der Waals surface area contributed by atoms with Crippen molar-refractivity contribution < 1.29 is 9.47 Å². The monoisotopic (exact) mass is 418 g/mol. The predicted molar refractivity (Wildman–Crippen MR) is 132 cm³/mol. The Balaban J connectivity index is 2.46. The Morgan fingerprint density at radius 3 is 1.90 bits per heavy atom. The summed E-state index contributed by atoms with van der Waals surface area (Å²) in [6, 6.07) is 11.1. The van der Waals surface area contributed by atoms with Crippen LogP contribution < -0.4 is 9.47 Å². The second-order valence-electron chi connectivity index (χ2n) is 7.89. The van der Waals surface area contributed by atoms with E-state index < -0.39 is 0 Å². The standard InChI is InChI=1S/C26H42O2S/c1-5-9-17-27-23-15-13-22-14-16-25(28-18-10-6-2)26(24(22)21-23)29(19-11-7-3)20-12-8-4/h13-16,21,29H,5-12,17-20H2,1-4H3. The first-order valence-corrected chi connectivity index (χ1v) is 13.5. The smallest absolute Gasteiger partial charge is 0.131 e. The molecule has 2 aromatic carbocycles.